The summed E-state index contributed by atoms with van der Waals surface area (Å²) in [6, 6.07) is 2.97. The molecule has 1 saturated heterocycles. The fourth-order valence-electron chi connectivity index (χ4n) is 4.25. The molecule has 0 radical (unpaired) electrons. The Morgan fingerprint density at radius 3 is 2.94 bits per heavy atom. The molecule has 1 atom stereocenters. The Bertz CT molecular complexity index is 1230. The number of aromatic nitrogens is 2. The molecule has 5 N–H and O–H groups in total. The van der Waals surface area contributed by atoms with Crippen molar-refractivity contribution < 1.29 is 18.7 Å². The maximum Gasteiger partial charge on any atom is 0.320 e. The number of benzene rings is 1. The number of nitrogens with one attached hydrogen (secondary N) is 3. The summed E-state index contributed by atoms with van der Waals surface area (Å²) in [4.78, 5) is 20.9. The molecule has 2 aromatic heterocycles. The Morgan fingerprint density at radius 2 is 2.12 bits per heavy atom. The van der Waals surface area contributed by atoms with E-state index in [1.165, 1.54) is 6.20 Å². The van der Waals surface area contributed by atoms with Crippen LogP contribution < -0.4 is 26.4 Å². The molecule has 0 saturated carbocycles. The molecule has 3 aromatic rings. The van der Waals surface area contributed by atoms with Gasteiger partial charge in [-0.15, -0.1) is 0 Å². The molecular weight excluding hydrogens is 427 g/mol. The van der Waals surface area contributed by atoms with Crippen molar-refractivity contribution in [3.8, 4) is 17.0 Å². The number of ether oxygens (including phenoxy) is 2. The average molecular weight is 452 g/mol. The Balaban J connectivity index is 1.47. The molecule has 10 heteroatoms. The van der Waals surface area contributed by atoms with E-state index in [2.05, 4.69) is 25.9 Å². The molecule has 5 rings (SSSR count). The zero-order valence-corrected chi connectivity index (χ0v) is 18.2. The number of nitrogens with zero attached hydrogens (tertiary/aromatic N) is 2. The minimum Gasteiger partial charge on any atom is -0.474 e. The fraction of sp³-hybridized carbons (Fsp3) is 0.348. The van der Waals surface area contributed by atoms with E-state index in [-0.39, 0.29) is 17.8 Å². The van der Waals surface area contributed by atoms with E-state index in [0.29, 0.717) is 60.0 Å². The summed E-state index contributed by atoms with van der Waals surface area (Å²) in [5.41, 5.74) is 8.62. The van der Waals surface area contributed by atoms with Crippen molar-refractivity contribution in [2.75, 3.05) is 42.7 Å². The maximum absolute atomic E-state index is 15.3. The van der Waals surface area contributed by atoms with Crippen LogP contribution in [-0.4, -0.2) is 48.4 Å². The third kappa shape index (κ3) is 4.09. The molecule has 9 nitrogen and oxygen atoms in total. The van der Waals surface area contributed by atoms with E-state index >= 15 is 4.39 Å². The Labute approximate surface area is 189 Å². The van der Waals surface area contributed by atoms with Crippen LogP contribution in [0.3, 0.4) is 0 Å². The number of nitrogen functional groups attached to an aromatic ring is 1. The van der Waals surface area contributed by atoms with Gasteiger partial charge in [-0.3, -0.25) is 5.32 Å². The van der Waals surface area contributed by atoms with Gasteiger partial charge in [0.25, 0.3) is 0 Å². The van der Waals surface area contributed by atoms with E-state index in [1.807, 2.05) is 6.92 Å². The number of carbonyl (C=O) groups excluding carboxylic acids is 1. The number of pyridine rings is 2. The minimum atomic E-state index is -0.540. The normalized spacial score (nSPS) is 17.6. The number of urea groups is 1. The van der Waals surface area contributed by atoms with Crippen molar-refractivity contribution in [3.05, 3.63) is 35.9 Å². The Hall–Kier alpha value is -3.66. The Kier molecular flexibility index (Phi) is 5.59. The highest BCUT2D eigenvalue weighted by Crippen LogP contribution is 2.39. The predicted molar refractivity (Wildman–Crippen MR) is 124 cm³/mol. The lowest BCUT2D eigenvalue weighted by Gasteiger charge is -2.23. The molecule has 0 spiro atoms. The first-order valence-electron chi connectivity index (χ1n) is 10.9. The van der Waals surface area contributed by atoms with Crippen LogP contribution in [0, 0.1) is 12.7 Å². The predicted octanol–water partition coefficient (Wildman–Crippen LogP) is 3.43. The van der Waals surface area contributed by atoms with Crippen LogP contribution in [0.15, 0.2) is 24.5 Å². The largest absolute Gasteiger partial charge is 0.474 e. The molecular formula is C23H25FN6O3. The number of rotatable bonds is 3. The third-order valence-electron chi connectivity index (χ3n) is 5.97. The van der Waals surface area contributed by atoms with Gasteiger partial charge in [-0.25, -0.2) is 19.2 Å². The Morgan fingerprint density at radius 1 is 1.24 bits per heavy atom. The first kappa shape index (κ1) is 21.2. The standard InChI is InChI=1S/C23H25FN6O3/c1-12-16(9-28-22-21(12)26-4-6-33-22)15-7-13-8-18(27-10-17(13)20(25)19(15)24)30-23(31)29-14-3-2-5-32-11-14/h7-10,14,26H,2-6,11,25H2,1H3,(H2,27,29,30,31)/t14-/m1/s1. The second-order valence-electron chi connectivity index (χ2n) is 8.21. The van der Waals surface area contributed by atoms with Crippen molar-refractivity contribution in [2.24, 2.45) is 0 Å². The number of nitrogens with two attached hydrogens (primary N) is 1. The molecule has 2 aliphatic rings. The fourth-order valence-corrected chi connectivity index (χ4v) is 4.25. The molecule has 0 aliphatic carbocycles. The van der Waals surface area contributed by atoms with Gasteiger partial charge in [-0.05, 0) is 42.8 Å². The second-order valence-corrected chi connectivity index (χ2v) is 8.21. The number of fused-ring (bicyclic) bond motifs is 2. The SMILES string of the molecule is Cc1c(-c2cc3cc(NC(=O)N[C@@H]4CCCOC4)ncc3c(N)c2F)cnc2c1NCCO2. The lowest BCUT2D eigenvalue weighted by atomic mass is 9.97. The molecule has 1 fully saturated rings. The molecule has 2 aliphatic heterocycles. The summed E-state index contributed by atoms with van der Waals surface area (Å²) >= 11 is 0. The van der Waals surface area contributed by atoms with Crippen LogP contribution in [0.2, 0.25) is 0 Å². The summed E-state index contributed by atoms with van der Waals surface area (Å²) in [5, 5.41) is 10.00. The van der Waals surface area contributed by atoms with Gasteiger partial charge in [0.15, 0.2) is 5.82 Å². The topological polar surface area (TPSA) is 123 Å². The highest BCUT2D eigenvalue weighted by Gasteiger charge is 2.21. The first-order chi connectivity index (χ1) is 16.0. The number of anilines is 3. The van der Waals surface area contributed by atoms with Gasteiger partial charge >= 0.3 is 6.03 Å². The number of hydrogen-bond acceptors (Lipinski definition) is 7. The van der Waals surface area contributed by atoms with Crippen molar-refractivity contribution in [3.63, 3.8) is 0 Å². The van der Waals surface area contributed by atoms with Crippen molar-refractivity contribution >= 4 is 34.0 Å². The molecule has 4 heterocycles. The highest BCUT2D eigenvalue weighted by atomic mass is 19.1. The van der Waals surface area contributed by atoms with Gasteiger partial charge in [-0.1, -0.05) is 0 Å². The molecule has 0 unspecified atom stereocenters. The molecule has 0 bridgehead atoms. The third-order valence-corrected chi connectivity index (χ3v) is 5.97. The van der Waals surface area contributed by atoms with Crippen LogP contribution in [0.4, 0.5) is 26.4 Å². The summed E-state index contributed by atoms with van der Waals surface area (Å²) < 4.78 is 26.2. The molecule has 1 aromatic carbocycles. The minimum absolute atomic E-state index is 0.00770. The van der Waals surface area contributed by atoms with Crippen molar-refractivity contribution in [1.82, 2.24) is 15.3 Å². The number of hydrogen-bond donors (Lipinski definition) is 4. The van der Waals surface area contributed by atoms with Gasteiger partial charge in [0, 0.05) is 42.1 Å². The zero-order chi connectivity index (χ0) is 22.9. The molecule has 172 valence electrons. The van der Waals surface area contributed by atoms with Crippen LogP contribution >= 0.6 is 0 Å². The lowest BCUT2D eigenvalue weighted by Crippen LogP contribution is -2.42. The summed E-state index contributed by atoms with van der Waals surface area (Å²) in [6.07, 6.45) is 4.83. The summed E-state index contributed by atoms with van der Waals surface area (Å²) in [5.74, 6) is 0.299. The van der Waals surface area contributed by atoms with Gasteiger partial charge in [-0.2, -0.15) is 0 Å². The quantitative estimate of drug-likeness (QED) is 0.449. The highest BCUT2D eigenvalue weighted by molar-refractivity contribution is 6.00. The number of carbonyl (C=O) groups is 1. The number of amides is 2. The van der Waals surface area contributed by atoms with Crippen molar-refractivity contribution in [1.29, 1.82) is 0 Å². The molecule has 33 heavy (non-hydrogen) atoms. The zero-order valence-electron chi connectivity index (χ0n) is 18.2. The van der Waals surface area contributed by atoms with Crippen LogP contribution in [0.5, 0.6) is 5.88 Å². The van der Waals surface area contributed by atoms with Crippen LogP contribution in [-0.2, 0) is 4.74 Å². The van der Waals surface area contributed by atoms with Gasteiger partial charge in [0.1, 0.15) is 18.1 Å². The van der Waals surface area contributed by atoms with Gasteiger partial charge in [0.05, 0.1) is 18.3 Å². The lowest BCUT2D eigenvalue weighted by molar-refractivity contribution is 0.0739. The molecule has 2 amide bonds. The monoisotopic (exact) mass is 452 g/mol. The number of halogens is 1. The van der Waals surface area contributed by atoms with E-state index in [9.17, 15) is 4.79 Å². The maximum atomic E-state index is 15.3. The smallest absolute Gasteiger partial charge is 0.320 e. The van der Waals surface area contributed by atoms with E-state index in [4.69, 9.17) is 15.2 Å². The van der Waals surface area contributed by atoms with Gasteiger partial charge in [0.2, 0.25) is 5.88 Å². The second kappa shape index (κ2) is 8.70. The first-order valence-corrected chi connectivity index (χ1v) is 10.9. The summed E-state index contributed by atoms with van der Waals surface area (Å²) in [7, 11) is 0. The van der Waals surface area contributed by atoms with E-state index in [0.717, 1.165) is 24.1 Å². The van der Waals surface area contributed by atoms with Crippen LogP contribution in [0.25, 0.3) is 21.9 Å². The summed E-state index contributed by atoms with van der Waals surface area (Å²) in [6.45, 7) is 4.27. The van der Waals surface area contributed by atoms with E-state index < -0.39 is 5.82 Å². The van der Waals surface area contributed by atoms with Gasteiger partial charge < -0.3 is 25.8 Å². The average Bonchev–Trinajstić information content (AvgIpc) is 2.82. The van der Waals surface area contributed by atoms with Crippen LogP contribution in [0.1, 0.15) is 18.4 Å². The van der Waals surface area contributed by atoms with E-state index in [1.54, 1.807) is 18.3 Å². The van der Waals surface area contributed by atoms with Crippen molar-refractivity contribution in [2.45, 2.75) is 25.8 Å².